The third kappa shape index (κ3) is 0.865. The number of hydrogen-bond donors (Lipinski definition) is 0. The molecule has 0 N–H and O–H groups in total. The van der Waals surface area contributed by atoms with Gasteiger partial charge in [0, 0.05) is 0 Å². The molecule has 1 aliphatic carbocycles. The molecule has 2 atom stereocenters. The molecule has 0 saturated heterocycles. The highest BCUT2D eigenvalue weighted by molar-refractivity contribution is 4.89. The van der Waals surface area contributed by atoms with E-state index in [0.717, 1.165) is 0 Å². The van der Waals surface area contributed by atoms with Gasteiger partial charge in [-0.25, -0.2) is 0 Å². The van der Waals surface area contributed by atoms with Crippen molar-refractivity contribution in [1.29, 1.82) is 0 Å². The molecule has 50 valence electrons. The lowest BCUT2D eigenvalue weighted by atomic mass is 10.0. The van der Waals surface area contributed by atoms with Crippen LogP contribution < -0.4 is 0 Å². The lowest BCUT2D eigenvalue weighted by Gasteiger charge is -2.23. The third-order valence-corrected chi connectivity index (χ3v) is 2.31. The van der Waals surface area contributed by atoms with Crippen molar-refractivity contribution >= 4 is 0 Å². The molecule has 2 aliphatic rings. The molecule has 9 heavy (non-hydrogen) atoms. The first-order valence-electron chi connectivity index (χ1n) is 3.87. The average molecular weight is 124 g/mol. The van der Waals surface area contributed by atoms with Crippen LogP contribution >= 0.6 is 0 Å². The minimum absolute atomic E-state index is 0.632. The van der Waals surface area contributed by atoms with Gasteiger partial charge in [-0.3, -0.25) is 0 Å². The molecular weight excluding hydrogens is 112 g/mol. The first-order valence-corrected chi connectivity index (χ1v) is 3.87. The van der Waals surface area contributed by atoms with Gasteiger partial charge < -0.3 is 0 Å². The summed E-state index contributed by atoms with van der Waals surface area (Å²) >= 11 is 0. The maximum atomic E-state index is 4.08. The van der Waals surface area contributed by atoms with Gasteiger partial charge in [0.25, 0.3) is 0 Å². The predicted molar refractivity (Wildman–Crippen MR) is 35.5 cm³/mol. The van der Waals surface area contributed by atoms with Crippen molar-refractivity contribution in [2.45, 2.75) is 44.2 Å². The zero-order valence-corrected chi connectivity index (χ0v) is 5.58. The van der Waals surface area contributed by atoms with Gasteiger partial charge in [-0.15, -0.1) is 0 Å². The van der Waals surface area contributed by atoms with Crippen molar-refractivity contribution in [2.24, 2.45) is 10.2 Å². The van der Waals surface area contributed by atoms with Crippen LogP contribution in [0, 0.1) is 0 Å². The van der Waals surface area contributed by atoms with Crippen LogP contribution in [0.25, 0.3) is 0 Å². The fourth-order valence-corrected chi connectivity index (χ4v) is 1.64. The first-order chi connectivity index (χ1) is 4.47. The Morgan fingerprint density at radius 2 is 1.33 bits per heavy atom. The van der Waals surface area contributed by atoms with Crippen molar-refractivity contribution < 1.29 is 0 Å². The zero-order chi connectivity index (χ0) is 6.10. The van der Waals surface area contributed by atoms with Gasteiger partial charge >= 0.3 is 0 Å². The smallest absolute Gasteiger partial charge is 0.0949 e. The maximum absolute atomic E-state index is 4.08. The Kier molecular flexibility index (Phi) is 1.25. The van der Waals surface area contributed by atoms with Crippen molar-refractivity contribution in [3.05, 3.63) is 0 Å². The monoisotopic (exact) mass is 124 g/mol. The summed E-state index contributed by atoms with van der Waals surface area (Å²) in [6.45, 7) is 0. The molecule has 1 aliphatic heterocycles. The summed E-state index contributed by atoms with van der Waals surface area (Å²) in [6, 6.07) is 1.26. The fraction of sp³-hybridized carbons (Fsp3) is 1.00. The van der Waals surface area contributed by atoms with Crippen molar-refractivity contribution in [2.75, 3.05) is 0 Å². The van der Waals surface area contributed by atoms with Crippen molar-refractivity contribution in [1.82, 2.24) is 0 Å². The van der Waals surface area contributed by atoms with Crippen LogP contribution in [0.3, 0.4) is 0 Å². The van der Waals surface area contributed by atoms with Crippen LogP contribution in [0.4, 0.5) is 0 Å². The molecule has 1 heterocycles. The summed E-state index contributed by atoms with van der Waals surface area (Å²) in [5.41, 5.74) is 0. The quantitative estimate of drug-likeness (QED) is 0.472. The van der Waals surface area contributed by atoms with E-state index < -0.39 is 0 Å². The first kappa shape index (κ1) is 5.39. The normalized spacial score (nSPS) is 40.9. The summed E-state index contributed by atoms with van der Waals surface area (Å²) in [4.78, 5) is 0. The Hall–Kier alpha value is -0.400. The zero-order valence-electron chi connectivity index (χ0n) is 5.58. The van der Waals surface area contributed by atoms with Crippen LogP contribution in [0.5, 0.6) is 0 Å². The van der Waals surface area contributed by atoms with E-state index in [1.807, 2.05) is 0 Å². The molecule has 2 rings (SSSR count). The van der Waals surface area contributed by atoms with Crippen LogP contribution in [0.1, 0.15) is 32.1 Å². The molecule has 2 unspecified atom stereocenters. The molecule has 0 aromatic heterocycles. The summed E-state index contributed by atoms with van der Waals surface area (Å²) in [5, 5.41) is 8.15. The van der Waals surface area contributed by atoms with Crippen LogP contribution in [0.15, 0.2) is 10.2 Å². The minimum Gasteiger partial charge on any atom is -0.188 e. The maximum Gasteiger partial charge on any atom is 0.0949 e. The largest absolute Gasteiger partial charge is 0.188 e. The van der Waals surface area contributed by atoms with Crippen molar-refractivity contribution in [3.8, 4) is 0 Å². The highest BCUT2D eigenvalue weighted by Crippen LogP contribution is 2.29. The van der Waals surface area contributed by atoms with Gasteiger partial charge in [0.15, 0.2) is 0 Å². The van der Waals surface area contributed by atoms with Crippen molar-refractivity contribution in [3.63, 3.8) is 0 Å². The molecule has 0 aromatic carbocycles. The number of rotatable bonds is 0. The highest BCUT2D eigenvalue weighted by atomic mass is 15.2. The molecule has 2 nitrogen and oxygen atoms in total. The number of azo groups is 1. The highest BCUT2D eigenvalue weighted by Gasteiger charge is 2.28. The molecule has 2 heteroatoms. The second-order valence-corrected chi connectivity index (χ2v) is 3.00. The molecule has 0 bridgehead atoms. The Morgan fingerprint density at radius 3 is 1.78 bits per heavy atom. The minimum atomic E-state index is 0.632. The Morgan fingerprint density at radius 1 is 0.778 bits per heavy atom. The van der Waals surface area contributed by atoms with E-state index in [-0.39, 0.29) is 0 Å². The summed E-state index contributed by atoms with van der Waals surface area (Å²) < 4.78 is 0. The molecule has 0 aromatic rings. The summed E-state index contributed by atoms with van der Waals surface area (Å²) in [7, 11) is 0. The van der Waals surface area contributed by atoms with E-state index in [1.54, 1.807) is 0 Å². The lowest BCUT2D eigenvalue weighted by Crippen LogP contribution is -2.27. The van der Waals surface area contributed by atoms with Gasteiger partial charge in [0.1, 0.15) is 0 Å². The number of nitrogens with zero attached hydrogens (tertiary/aromatic N) is 2. The molecule has 0 radical (unpaired) electrons. The summed E-state index contributed by atoms with van der Waals surface area (Å²) in [5.74, 6) is 0. The van der Waals surface area contributed by atoms with Crippen LogP contribution in [-0.4, -0.2) is 12.1 Å². The van der Waals surface area contributed by atoms with Crippen LogP contribution in [0.2, 0.25) is 0 Å². The average Bonchev–Trinajstić information content (AvgIpc) is 1.94. The molecule has 0 spiro atoms. The van der Waals surface area contributed by atoms with Gasteiger partial charge in [-0.2, -0.15) is 10.2 Å². The third-order valence-electron chi connectivity index (χ3n) is 2.31. The van der Waals surface area contributed by atoms with E-state index in [9.17, 15) is 0 Å². The standard InChI is InChI=1S/C7H12N2/c1-2-4-6-7(5-3-1)9-8-6/h6-7H,1-5H2. The van der Waals surface area contributed by atoms with E-state index in [2.05, 4.69) is 10.2 Å². The predicted octanol–water partition coefficient (Wildman–Crippen LogP) is 2.15. The Balaban J connectivity index is 1.99. The number of fused-ring (bicyclic) bond motifs is 1. The summed E-state index contributed by atoms with van der Waals surface area (Å²) in [6.07, 6.45) is 6.75. The second kappa shape index (κ2) is 2.09. The molecule has 1 saturated carbocycles. The Labute approximate surface area is 55.4 Å². The van der Waals surface area contributed by atoms with Gasteiger partial charge in [0.2, 0.25) is 0 Å². The van der Waals surface area contributed by atoms with E-state index in [4.69, 9.17) is 0 Å². The number of hydrogen-bond acceptors (Lipinski definition) is 2. The second-order valence-electron chi connectivity index (χ2n) is 3.00. The van der Waals surface area contributed by atoms with Crippen LogP contribution in [-0.2, 0) is 0 Å². The topological polar surface area (TPSA) is 24.7 Å². The van der Waals surface area contributed by atoms with Gasteiger partial charge in [0.05, 0.1) is 12.1 Å². The van der Waals surface area contributed by atoms with E-state index >= 15 is 0 Å². The van der Waals surface area contributed by atoms with Gasteiger partial charge in [-0.05, 0) is 12.8 Å². The van der Waals surface area contributed by atoms with Gasteiger partial charge in [-0.1, -0.05) is 19.3 Å². The lowest BCUT2D eigenvalue weighted by molar-refractivity contribution is 0.381. The van der Waals surface area contributed by atoms with E-state index in [1.165, 1.54) is 32.1 Å². The Bertz CT molecular complexity index is 117. The SMILES string of the molecule is C1CCC2N=NC2CC1. The molecular formula is C7H12N2. The molecule has 1 fully saturated rings. The fourth-order valence-electron chi connectivity index (χ4n) is 1.64. The van der Waals surface area contributed by atoms with E-state index in [0.29, 0.717) is 12.1 Å². The molecule has 0 amide bonds.